The highest BCUT2D eigenvalue weighted by Gasteiger charge is 2.25. The van der Waals surface area contributed by atoms with Gasteiger partial charge in [-0.1, -0.05) is 139 Å². The minimum absolute atomic E-state index is 0.0551. The molecule has 0 radical (unpaired) electrons. The van der Waals surface area contributed by atoms with Crippen molar-refractivity contribution in [1.29, 1.82) is 0 Å². The van der Waals surface area contributed by atoms with Crippen molar-refractivity contribution >= 4 is 43.7 Å². The van der Waals surface area contributed by atoms with Crippen LogP contribution in [0.15, 0.2) is 162 Å². The van der Waals surface area contributed by atoms with Crippen LogP contribution in [-0.4, -0.2) is 19.6 Å². The molecule has 7 aromatic carbocycles. The van der Waals surface area contributed by atoms with Crippen LogP contribution >= 0.6 is 0 Å². The molecule has 0 saturated heterocycles. The maximum absolute atomic E-state index is 11.4. The molecule has 3 heterocycles. The molecule has 0 spiro atoms. The van der Waals surface area contributed by atoms with Crippen LogP contribution in [0, 0.1) is 0 Å². The second kappa shape index (κ2) is 13.6. The number of phenols is 1. The van der Waals surface area contributed by atoms with E-state index < -0.39 is 0 Å². The fraction of sp³-hybridized carbons (Fsp3) is 0.148. The highest BCUT2D eigenvalue weighted by molar-refractivity contribution is 6.19. The summed E-state index contributed by atoms with van der Waals surface area (Å²) < 4.78 is 8.56. The second-order valence-corrected chi connectivity index (χ2v) is 17.7. The van der Waals surface area contributed by atoms with Crippen molar-refractivity contribution in [3.8, 4) is 56.3 Å². The second-order valence-electron chi connectivity index (χ2n) is 17.7. The lowest BCUT2D eigenvalue weighted by Crippen LogP contribution is -2.12. The molecule has 59 heavy (non-hydrogen) atoms. The maximum Gasteiger partial charge on any atom is 0.153 e. The van der Waals surface area contributed by atoms with Gasteiger partial charge < -0.3 is 9.52 Å². The molecule has 1 N–H and O–H groups in total. The van der Waals surface area contributed by atoms with E-state index in [1.807, 2.05) is 24.4 Å². The zero-order chi connectivity index (χ0) is 40.6. The number of furan rings is 1. The third kappa shape index (κ3) is 6.25. The van der Waals surface area contributed by atoms with E-state index in [-0.39, 0.29) is 16.6 Å². The predicted molar refractivity (Wildman–Crippen MR) is 244 cm³/mol. The van der Waals surface area contributed by atoms with Gasteiger partial charge in [0.2, 0.25) is 0 Å². The smallest absolute Gasteiger partial charge is 0.153 e. The highest BCUT2D eigenvalue weighted by Crippen LogP contribution is 2.43. The monoisotopic (exact) mass is 767 g/mol. The summed E-state index contributed by atoms with van der Waals surface area (Å²) in [4.78, 5) is 10.5. The standard InChI is InChI=1S/C54H45N3O2/c1-53(2,3)37-24-25-45(42(30-37)33-15-8-7-9-16-33)57-46-21-14-20-40(51(46)56-52(57)41-19-12-13-22-47(41)58)35-27-36(29-38(28-35)54(4,5)6)44-31-43-49(32-55-44)59-48-26-23-34-17-10-11-18-39(34)50(43)48/h7-32,58H,1-6H3. The van der Waals surface area contributed by atoms with Gasteiger partial charge in [0.25, 0.3) is 0 Å². The summed E-state index contributed by atoms with van der Waals surface area (Å²) >= 11 is 0. The van der Waals surface area contributed by atoms with Gasteiger partial charge in [0.1, 0.15) is 17.2 Å². The maximum atomic E-state index is 11.4. The van der Waals surface area contributed by atoms with E-state index in [0.717, 1.165) is 77.6 Å². The molecule has 0 fully saturated rings. The van der Waals surface area contributed by atoms with Crippen molar-refractivity contribution in [3.05, 3.63) is 169 Å². The predicted octanol–water partition coefficient (Wildman–Crippen LogP) is 14.4. The summed E-state index contributed by atoms with van der Waals surface area (Å²) in [7, 11) is 0. The number of hydrogen-bond acceptors (Lipinski definition) is 4. The number of hydrogen-bond donors (Lipinski definition) is 1. The number of imidazole rings is 1. The van der Waals surface area contributed by atoms with Crippen LogP contribution < -0.4 is 0 Å². The summed E-state index contributed by atoms with van der Waals surface area (Å²) in [5.74, 6) is 0.848. The summed E-state index contributed by atoms with van der Waals surface area (Å²) in [5, 5.41) is 15.9. The van der Waals surface area contributed by atoms with Crippen molar-refractivity contribution in [2.75, 3.05) is 0 Å². The Bertz CT molecular complexity index is 3250. The average Bonchev–Trinajstić information content (AvgIpc) is 3.82. The lowest BCUT2D eigenvalue weighted by atomic mass is 9.83. The first-order chi connectivity index (χ1) is 28.4. The number of fused-ring (bicyclic) bond motifs is 6. The van der Waals surface area contributed by atoms with Crippen LogP contribution in [-0.2, 0) is 10.8 Å². The summed E-state index contributed by atoms with van der Waals surface area (Å²) in [6, 6.07) is 52.8. The van der Waals surface area contributed by atoms with E-state index in [9.17, 15) is 5.11 Å². The van der Waals surface area contributed by atoms with Gasteiger partial charge in [0.05, 0.1) is 34.2 Å². The minimum Gasteiger partial charge on any atom is -0.507 e. The number of aromatic hydroxyl groups is 1. The molecule has 10 rings (SSSR count). The van der Waals surface area contributed by atoms with Crippen LogP contribution in [0.3, 0.4) is 0 Å². The average molecular weight is 768 g/mol. The third-order valence-corrected chi connectivity index (χ3v) is 11.7. The van der Waals surface area contributed by atoms with Crippen molar-refractivity contribution < 1.29 is 9.52 Å². The first-order valence-corrected chi connectivity index (χ1v) is 20.3. The number of para-hydroxylation sites is 2. The van der Waals surface area contributed by atoms with Gasteiger partial charge in [-0.3, -0.25) is 9.55 Å². The Kier molecular flexibility index (Phi) is 8.36. The Morgan fingerprint density at radius 1 is 0.542 bits per heavy atom. The molecule has 288 valence electrons. The molecule has 10 aromatic rings. The Morgan fingerprint density at radius 2 is 1.27 bits per heavy atom. The van der Waals surface area contributed by atoms with Crippen molar-refractivity contribution in [2.24, 2.45) is 0 Å². The van der Waals surface area contributed by atoms with Gasteiger partial charge in [-0.05, 0) is 98.5 Å². The van der Waals surface area contributed by atoms with Crippen LogP contribution in [0.25, 0.3) is 94.3 Å². The molecule has 0 saturated carbocycles. The van der Waals surface area contributed by atoms with Gasteiger partial charge in [-0.2, -0.15) is 0 Å². The number of phenolic OH excluding ortho intramolecular Hbond substituents is 1. The van der Waals surface area contributed by atoms with Crippen LogP contribution in [0.5, 0.6) is 5.75 Å². The van der Waals surface area contributed by atoms with E-state index in [1.54, 1.807) is 6.07 Å². The minimum atomic E-state index is -0.152. The van der Waals surface area contributed by atoms with Gasteiger partial charge in [0, 0.05) is 27.5 Å². The molecule has 0 aliphatic carbocycles. The lowest BCUT2D eigenvalue weighted by Gasteiger charge is -2.23. The van der Waals surface area contributed by atoms with E-state index in [1.165, 1.54) is 16.5 Å². The summed E-state index contributed by atoms with van der Waals surface area (Å²) in [6.45, 7) is 13.5. The zero-order valence-electron chi connectivity index (χ0n) is 34.2. The molecule has 0 amide bonds. The SMILES string of the molecule is CC(C)(C)c1cc(-c2cc3c(cn2)oc2ccc4ccccc4c23)cc(-c2cccc3c2nc(-c2ccccc2O)n3-c2ccc(C(C)(C)C)cc2-c2ccccc2)c1. The molecular weight excluding hydrogens is 723 g/mol. The quantitative estimate of drug-likeness (QED) is 0.189. The Morgan fingerprint density at radius 3 is 2.07 bits per heavy atom. The molecule has 0 bridgehead atoms. The lowest BCUT2D eigenvalue weighted by molar-refractivity contribution is 0.477. The van der Waals surface area contributed by atoms with E-state index in [0.29, 0.717) is 11.4 Å². The van der Waals surface area contributed by atoms with Crippen LogP contribution in [0.2, 0.25) is 0 Å². The molecular formula is C54H45N3O2. The zero-order valence-corrected chi connectivity index (χ0v) is 34.2. The molecule has 5 heteroatoms. The largest absolute Gasteiger partial charge is 0.507 e. The molecule has 5 nitrogen and oxygen atoms in total. The number of pyridine rings is 1. The third-order valence-electron chi connectivity index (χ3n) is 11.7. The normalized spacial score (nSPS) is 12.3. The van der Waals surface area contributed by atoms with Gasteiger partial charge >= 0.3 is 0 Å². The van der Waals surface area contributed by atoms with E-state index in [4.69, 9.17) is 14.4 Å². The molecule has 0 aliphatic rings. The number of nitrogens with zero attached hydrogens (tertiary/aromatic N) is 3. The molecule has 3 aromatic heterocycles. The number of benzene rings is 7. The molecule has 0 atom stereocenters. The van der Waals surface area contributed by atoms with E-state index in [2.05, 4.69) is 174 Å². The van der Waals surface area contributed by atoms with E-state index >= 15 is 0 Å². The van der Waals surface area contributed by atoms with Gasteiger partial charge in [0.15, 0.2) is 5.58 Å². The summed E-state index contributed by atoms with van der Waals surface area (Å²) in [5.41, 5.74) is 13.4. The van der Waals surface area contributed by atoms with Crippen LogP contribution in [0.1, 0.15) is 52.7 Å². The fourth-order valence-electron chi connectivity index (χ4n) is 8.44. The summed E-state index contributed by atoms with van der Waals surface area (Å²) in [6.07, 6.45) is 1.86. The number of rotatable bonds is 5. The van der Waals surface area contributed by atoms with Crippen molar-refractivity contribution in [2.45, 2.75) is 52.4 Å². The van der Waals surface area contributed by atoms with Crippen molar-refractivity contribution in [3.63, 3.8) is 0 Å². The molecule has 0 aliphatic heterocycles. The Hall–Kier alpha value is -6.98. The Labute approximate surface area is 344 Å². The molecule has 0 unspecified atom stereocenters. The van der Waals surface area contributed by atoms with Crippen LogP contribution in [0.4, 0.5) is 0 Å². The van der Waals surface area contributed by atoms with Gasteiger partial charge in [-0.25, -0.2) is 4.98 Å². The van der Waals surface area contributed by atoms with Crippen molar-refractivity contribution in [1.82, 2.24) is 14.5 Å². The first-order valence-electron chi connectivity index (χ1n) is 20.3. The Balaban J connectivity index is 1.23. The first kappa shape index (κ1) is 36.4. The number of aromatic nitrogens is 3. The topological polar surface area (TPSA) is 64.1 Å². The van der Waals surface area contributed by atoms with Gasteiger partial charge in [-0.15, -0.1) is 0 Å². The fourth-order valence-corrected chi connectivity index (χ4v) is 8.44. The highest BCUT2D eigenvalue weighted by atomic mass is 16.3.